The van der Waals surface area contributed by atoms with Crippen molar-refractivity contribution in [3.05, 3.63) is 35.9 Å². The van der Waals surface area contributed by atoms with E-state index in [2.05, 4.69) is 0 Å². The first-order valence-electron chi connectivity index (χ1n) is 7.99. The average molecular weight is 317 g/mol. The number of cyclic esters (lactones) is 1. The number of ether oxygens (including phenoxy) is 1. The fourth-order valence-electron chi connectivity index (χ4n) is 3.15. The maximum absolute atomic E-state index is 12.7. The Bertz CT molecular complexity index is 584. The average Bonchev–Trinajstić information content (AvgIpc) is 2.88. The predicted octanol–water partition coefficient (Wildman–Crippen LogP) is 2.83. The molecule has 5 heteroatoms. The molecule has 1 aliphatic heterocycles. The second kappa shape index (κ2) is 7.40. The lowest BCUT2D eigenvalue weighted by Gasteiger charge is -2.26. The molecular weight excluding hydrogens is 294 g/mol. The van der Waals surface area contributed by atoms with Gasteiger partial charge in [0.15, 0.2) is 0 Å². The number of Topliss-reactive ketones (excluding diaryl/α,β-unsaturated/α-hetero) is 1. The number of amides is 2. The summed E-state index contributed by atoms with van der Waals surface area (Å²) in [6.45, 7) is 5.27. The maximum atomic E-state index is 12.7. The van der Waals surface area contributed by atoms with Crippen LogP contribution in [0, 0.1) is 11.8 Å². The van der Waals surface area contributed by atoms with Crippen LogP contribution in [-0.4, -0.2) is 35.3 Å². The van der Waals surface area contributed by atoms with E-state index >= 15 is 0 Å². The quantitative estimate of drug-likeness (QED) is 0.809. The van der Waals surface area contributed by atoms with Crippen LogP contribution in [0.2, 0.25) is 0 Å². The summed E-state index contributed by atoms with van der Waals surface area (Å²) in [4.78, 5) is 37.6. The van der Waals surface area contributed by atoms with Crippen molar-refractivity contribution in [2.75, 3.05) is 6.61 Å². The highest BCUT2D eigenvalue weighted by molar-refractivity contribution is 5.97. The molecule has 0 unspecified atom stereocenters. The summed E-state index contributed by atoms with van der Waals surface area (Å²) in [5, 5.41) is 0. The minimum Gasteiger partial charge on any atom is -0.447 e. The van der Waals surface area contributed by atoms with Gasteiger partial charge in [-0.2, -0.15) is 0 Å². The monoisotopic (exact) mass is 317 g/mol. The maximum Gasteiger partial charge on any atom is 0.416 e. The molecule has 124 valence electrons. The molecule has 1 heterocycles. The van der Waals surface area contributed by atoms with Gasteiger partial charge in [0, 0.05) is 11.8 Å². The van der Waals surface area contributed by atoms with Crippen LogP contribution in [0.5, 0.6) is 0 Å². The molecule has 5 nitrogen and oxygen atoms in total. The lowest BCUT2D eigenvalue weighted by molar-refractivity contribution is -0.138. The van der Waals surface area contributed by atoms with Gasteiger partial charge >= 0.3 is 6.09 Å². The molecule has 0 saturated carbocycles. The van der Waals surface area contributed by atoms with E-state index in [1.165, 1.54) is 11.8 Å². The Hall–Kier alpha value is -2.17. The molecule has 1 aromatic carbocycles. The number of imide groups is 1. The molecule has 1 aliphatic rings. The highest BCUT2D eigenvalue weighted by Crippen LogP contribution is 2.25. The van der Waals surface area contributed by atoms with E-state index in [1.54, 1.807) is 6.92 Å². The third-order valence-electron chi connectivity index (χ3n) is 4.47. The van der Waals surface area contributed by atoms with E-state index in [-0.39, 0.29) is 30.3 Å². The van der Waals surface area contributed by atoms with Crippen molar-refractivity contribution < 1.29 is 19.1 Å². The number of carbonyl (C=O) groups is 3. The van der Waals surface area contributed by atoms with Gasteiger partial charge in [-0.25, -0.2) is 9.69 Å². The second-order valence-corrected chi connectivity index (χ2v) is 6.04. The lowest BCUT2D eigenvalue weighted by Crippen LogP contribution is -2.45. The van der Waals surface area contributed by atoms with Crippen LogP contribution in [0.15, 0.2) is 30.3 Å². The molecule has 0 aromatic heterocycles. The zero-order valence-electron chi connectivity index (χ0n) is 13.8. The fraction of sp³-hybridized carbons (Fsp3) is 0.500. The van der Waals surface area contributed by atoms with Crippen LogP contribution in [0.4, 0.5) is 4.79 Å². The molecule has 0 spiro atoms. The van der Waals surface area contributed by atoms with Crippen molar-refractivity contribution in [2.45, 2.75) is 39.7 Å². The number of nitrogens with zero attached hydrogens (tertiary/aromatic N) is 1. The zero-order valence-corrected chi connectivity index (χ0v) is 13.8. The van der Waals surface area contributed by atoms with Gasteiger partial charge in [0.1, 0.15) is 12.4 Å². The van der Waals surface area contributed by atoms with E-state index in [1.807, 2.05) is 37.3 Å². The smallest absolute Gasteiger partial charge is 0.416 e. The Morgan fingerprint density at radius 3 is 2.52 bits per heavy atom. The van der Waals surface area contributed by atoms with Gasteiger partial charge in [-0.05, 0) is 25.3 Å². The van der Waals surface area contributed by atoms with E-state index in [4.69, 9.17) is 4.74 Å². The van der Waals surface area contributed by atoms with Gasteiger partial charge in [-0.15, -0.1) is 0 Å². The van der Waals surface area contributed by atoms with Crippen LogP contribution < -0.4 is 0 Å². The number of carbonyl (C=O) groups excluding carboxylic acids is 3. The molecule has 1 aromatic rings. The first kappa shape index (κ1) is 17.2. The van der Waals surface area contributed by atoms with E-state index in [0.29, 0.717) is 12.8 Å². The number of hydrogen-bond donors (Lipinski definition) is 0. The van der Waals surface area contributed by atoms with Crippen molar-refractivity contribution in [3.63, 3.8) is 0 Å². The Morgan fingerprint density at radius 1 is 1.30 bits per heavy atom. The topological polar surface area (TPSA) is 63.7 Å². The summed E-state index contributed by atoms with van der Waals surface area (Å²) in [6, 6.07) is 9.36. The summed E-state index contributed by atoms with van der Waals surface area (Å²) in [5.41, 5.74) is 1.04. The Balaban J connectivity index is 2.15. The Kier molecular flexibility index (Phi) is 5.53. The summed E-state index contributed by atoms with van der Waals surface area (Å²) in [6.07, 6.45) is 0.525. The first-order valence-corrected chi connectivity index (χ1v) is 7.99. The van der Waals surface area contributed by atoms with Crippen LogP contribution in [0.3, 0.4) is 0 Å². The number of hydrogen-bond acceptors (Lipinski definition) is 4. The van der Waals surface area contributed by atoms with Crippen LogP contribution in [0.25, 0.3) is 0 Å². The summed E-state index contributed by atoms with van der Waals surface area (Å²) < 4.78 is 5.08. The number of ketones is 1. The minimum absolute atomic E-state index is 0.0273. The summed E-state index contributed by atoms with van der Waals surface area (Å²) in [5.74, 6) is -1.24. The lowest BCUT2D eigenvalue weighted by atomic mass is 9.87. The van der Waals surface area contributed by atoms with Gasteiger partial charge in [0.05, 0.1) is 6.04 Å². The normalized spacial score (nSPS) is 20.0. The van der Waals surface area contributed by atoms with Crippen molar-refractivity contribution >= 4 is 17.8 Å². The van der Waals surface area contributed by atoms with Gasteiger partial charge < -0.3 is 4.74 Å². The number of rotatable bonds is 6. The molecular formula is C18H23NO4. The standard InChI is InChI=1S/C18H23NO4/c1-4-16(13(3)20)12(2)17(21)19-15(11-23-18(19)22)10-14-8-6-5-7-9-14/h5-9,12,15-16H,4,10-11H2,1-3H3/t12-,15-,16-/m0/s1. The summed E-state index contributed by atoms with van der Waals surface area (Å²) in [7, 11) is 0. The van der Waals surface area contributed by atoms with Crippen molar-refractivity contribution in [3.8, 4) is 0 Å². The van der Waals surface area contributed by atoms with E-state index in [9.17, 15) is 14.4 Å². The first-order chi connectivity index (χ1) is 11.0. The van der Waals surface area contributed by atoms with Crippen molar-refractivity contribution in [2.24, 2.45) is 11.8 Å². The highest BCUT2D eigenvalue weighted by atomic mass is 16.6. The summed E-state index contributed by atoms with van der Waals surface area (Å²) >= 11 is 0. The molecule has 0 radical (unpaired) electrons. The predicted molar refractivity (Wildman–Crippen MR) is 85.8 cm³/mol. The van der Waals surface area contributed by atoms with Crippen LogP contribution >= 0.6 is 0 Å². The Labute approximate surface area is 136 Å². The third-order valence-corrected chi connectivity index (χ3v) is 4.47. The molecule has 3 atom stereocenters. The third kappa shape index (κ3) is 3.78. The Morgan fingerprint density at radius 2 is 1.96 bits per heavy atom. The molecule has 2 rings (SSSR count). The van der Waals surface area contributed by atoms with Crippen LogP contribution in [-0.2, 0) is 20.7 Å². The molecule has 1 fully saturated rings. The van der Waals surface area contributed by atoms with Gasteiger partial charge in [0.25, 0.3) is 0 Å². The van der Waals surface area contributed by atoms with E-state index < -0.39 is 12.0 Å². The van der Waals surface area contributed by atoms with Crippen molar-refractivity contribution in [1.82, 2.24) is 4.90 Å². The molecule has 0 N–H and O–H groups in total. The minimum atomic E-state index is -0.610. The number of benzene rings is 1. The second-order valence-electron chi connectivity index (χ2n) is 6.04. The van der Waals surface area contributed by atoms with Gasteiger partial charge in [-0.3, -0.25) is 9.59 Å². The van der Waals surface area contributed by atoms with Crippen LogP contribution in [0.1, 0.15) is 32.8 Å². The SMILES string of the molecule is CC[C@H](C(C)=O)[C@H](C)C(=O)N1C(=O)OC[C@@H]1Cc1ccccc1. The molecule has 0 aliphatic carbocycles. The van der Waals surface area contributed by atoms with Crippen molar-refractivity contribution in [1.29, 1.82) is 0 Å². The van der Waals surface area contributed by atoms with E-state index in [0.717, 1.165) is 5.56 Å². The fourth-order valence-corrected chi connectivity index (χ4v) is 3.15. The molecule has 23 heavy (non-hydrogen) atoms. The molecule has 0 bridgehead atoms. The van der Waals surface area contributed by atoms with Gasteiger partial charge in [-0.1, -0.05) is 44.2 Å². The molecule has 1 saturated heterocycles. The zero-order chi connectivity index (χ0) is 17.0. The highest BCUT2D eigenvalue weighted by Gasteiger charge is 2.41. The van der Waals surface area contributed by atoms with Gasteiger partial charge in [0.2, 0.25) is 5.91 Å². The largest absolute Gasteiger partial charge is 0.447 e. The molecule has 2 amide bonds.